The standard InChI is InChI=1S/C21H31N3O2/c1-15(2)17-5-7-18(8-6-17)24-13-10-19(21(24)26)20(25)23-12-9-16-4-3-11-22-14-16/h5-8,15-16,19,22H,3-4,9-14H2,1-2H3,(H,23,25). The summed E-state index contributed by atoms with van der Waals surface area (Å²) in [4.78, 5) is 26.9. The molecule has 26 heavy (non-hydrogen) atoms. The molecule has 5 heteroatoms. The molecule has 2 amide bonds. The molecule has 2 unspecified atom stereocenters. The number of piperidine rings is 1. The molecule has 5 nitrogen and oxygen atoms in total. The number of benzene rings is 1. The molecule has 1 aromatic carbocycles. The van der Waals surface area contributed by atoms with Gasteiger partial charge in [0.25, 0.3) is 0 Å². The summed E-state index contributed by atoms with van der Waals surface area (Å²) in [5.74, 6) is 0.388. The molecule has 2 atom stereocenters. The second kappa shape index (κ2) is 8.67. The van der Waals surface area contributed by atoms with Gasteiger partial charge in [-0.2, -0.15) is 0 Å². The lowest BCUT2D eigenvalue weighted by Gasteiger charge is -2.23. The molecule has 3 rings (SSSR count). The van der Waals surface area contributed by atoms with Gasteiger partial charge in [0.15, 0.2) is 0 Å². The largest absolute Gasteiger partial charge is 0.355 e. The predicted octanol–water partition coefficient (Wildman–Crippen LogP) is 2.67. The first-order valence-corrected chi connectivity index (χ1v) is 9.96. The summed E-state index contributed by atoms with van der Waals surface area (Å²) in [5.41, 5.74) is 2.15. The first-order valence-electron chi connectivity index (χ1n) is 9.96. The Morgan fingerprint density at radius 1 is 1.27 bits per heavy atom. The quantitative estimate of drug-likeness (QED) is 0.770. The Morgan fingerprint density at radius 2 is 2.04 bits per heavy atom. The molecule has 2 aliphatic rings. The van der Waals surface area contributed by atoms with E-state index < -0.39 is 5.92 Å². The third kappa shape index (κ3) is 4.44. The molecule has 2 heterocycles. The van der Waals surface area contributed by atoms with Crippen LogP contribution in [0.5, 0.6) is 0 Å². The molecule has 142 valence electrons. The van der Waals surface area contributed by atoms with Gasteiger partial charge in [0.05, 0.1) is 0 Å². The van der Waals surface area contributed by atoms with Gasteiger partial charge in [-0.3, -0.25) is 9.59 Å². The predicted molar refractivity (Wildman–Crippen MR) is 104 cm³/mol. The fourth-order valence-corrected chi connectivity index (χ4v) is 3.91. The Labute approximate surface area is 156 Å². The van der Waals surface area contributed by atoms with E-state index in [0.29, 0.717) is 31.3 Å². The number of nitrogens with zero attached hydrogens (tertiary/aromatic N) is 1. The lowest BCUT2D eigenvalue weighted by atomic mass is 9.96. The number of nitrogens with one attached hydrogen (secondary N) is 2. The minimum Gasteiger partial charge on any atom is -0.355 e. The Hall–Kier alpha value is -1.88. The topological polar surface area (TPSA) is 61.4 Å². The molecule has 2 fully saturated rings. The maximum Gasteiger partial charge on any atom is 0.239 e. The second-order valence-corrected chi connectivity index (χ2v) is 7.87. The highest BCUT2D eigenvalue weighted by Gasteiger charge is 2.37. The Morgan fingerprint density at radius 3 is 2.69 bits per heavy atom. The van der Waals surface area contributed by atoms with Crippen LogP contribution < -0.4 is 15.5 Å². The van der Waals surface area contributed by atoms with Crippen molar-refractivity contribution in [2.75, 3.05) is 31.1 Å². The zero-order chi connectivity index (χ0) is 18.5. The summed E-state index contributed by atoms with van der Waals surface area (Å²) in [7, 11) is 0. The molecule has 0 saturated carbocycles. The zero-order valence-corrected chi connectivity index (χ0v) is 16.0. The van der Waals surface area contributed by atoms with E-state index in [0.717, 1.165) is 25.2 Å². The van der Waals surface area contributed by atoms with Crippen LogP contribution in [-0.4, -0.2) is 38.0 Å². The zero-order valence-electron chi connectivity index (χ0n) is 16.0. The van der Waals surface area contributed by atoms with E-state index in [1.807, 2.05) is 12.1 Å². The van der Waals surface area contributed by atoms with Gasteiger partial charge in [0.2, 0.25) is 11.8 Å². The summed E-state index contributed by atoms with van der Waals surface area (Å²) >= 11 is 0. The summed E-state index contributed by atoms with van der Waals surface area (Å²) < 4.78 is 0. The van der Waals surface area contributed by atoms with E-state index in [4.69, 9.17) is 0 Å². The smallest absolute Gasteiger partial charge is 0.239 e. The Bertz CT molecular complexity index is 621. The highest BCUT2D eigenvalue weighted by atomic mass is 16.2. The SMILES string of the molecule is CC(C)c1ccc(N2CCC(C(=O)NCCC3CCCNC3)C2=O)cc1. The van der Waals surface area contributed by atoms with Crippen LogP contribution in [0.3, 0.4) is 0 Å². The molecule has 0 radical (unpaired) electrons. The van der Waals surface area contributed by atoms with Crippen molar-refractivity contribution >= 4 is 17.5 Å². The molecule has 2 N–H and O–H groups in total. The van der Waals surface area contributed by atoms with E-state index in [1.54, 1.807) is 4.90 Å². The van der Waals surface area contributed by atoms with Gasteiger partial charge in [-0.1, -0.05) is 26.0 Å². The molecule has 0 aliphatic carbocycles. The van der Waals surface area contributed by atoms with Gasteiger partial charge < -0.3 is 15.5 Å². The average molecular weight is 357 g/mol. The number of anilines is 1. The van der Waals surface area contributed by atoms with Gasteiger partial charge in [-0.05, 0) is 68.3 Å². The van der Waals surface area contributed by atoms with Gasteiger partial charge in [-0.25, -0.2) is 0 Å². The lowest BCUT2D eigenvalue weighted by molar-refractivity contribution is -0.132. The maximum absolute atomic E-state index is 12.7. The van der Waals surface area contributed by atoms with Crippen molar-refractivity contribution in [3.8, 4) is 0 Å². The second-order valence-electron chi connectivity index (χ2n) is 7.87. The van der Waals surface area contributed by atoms with Crippen molar-refractivity contribution in [1.29, 1.82) is 0 Å². The minimum atomic E-state index is -0.538. The van der Waals surface area contributed by atoms with Crippen molar-refractivity contribution in [3.63, 3.8) is 0 Å². The fraction of sp³-hybridized carbons (Fsp3) is 0.619. The number of amides is 2. The van der Waals surface area contributed by atoms with Crippen LogP contribution in [0.4, 0.5) is 5.69 Å². The number of carbonyl (C=O) groups excluding carboxylic acids is 2. The number of rotatable bonds is 6. The van der Waals surface area contributed by atoms with Crippen molar-refractivity contribution in [2.24, 2.45) is 11.8 Å². The Kier molecular flexibility index (Phi) is 6.30. The van der Waals surface area contributed by atoms with Crippen LogP contribution in [0, 0.1) is 11.8 Å². The summed E-state index contributed by atoms with van der Waals surface area (Å²) in [6.07, 6.45) is 4.03. The van der Waals surface area contributed by atoms with Crippen molar-refractivity contribution in [3.05, 3.63) is 29.8 Å². The van der Waals surface area contributed by atoms with E-state index in [2.05, 4.69) is 36.6 Å². The van der Waals surface area contributed by atoms with E-state index in [-0.39, 0.29) is 11.8 Å². The van der Waals surface area contributed by atoms with Gasteiger partial charge in [-0.15, -0.1) is 0 Å². The van der Waals surface area contributed by atoms with Gasteiger partial charge in [0.1, 0.15) is 5.92 Å². The maximum atomic E-state index is 12.7. The lowest BCUT2D eigenvalue weighted by Crippen LogP contribution is -2.38. The molecule has 2 aliphatic heterocycles. The molecule has 0 bridgehead atoms. The van der Waals surface area contributed by atoms with E-state index in [9.17, 15) is 9.59 Å². The molecule has 2 saturated heterocycles. The third-order valence-corrected chi connectivity index (χ3v) is 5.64. The molecule has 0 spiro atoms. The van der Waals surface area contributed by atoms with Crippen LogP contribution in [-0.2, 0) is 9.59 Å². The summed E-state index contributed by atoms with van der Waals surface area (Å²) in [6, 6.07) is 8.12. The van der Waals surface area contributed by atoms with Crippen molar-refractivity contribution < 1.29 is 9.59 Å². The van der Waals surface area contributed by atoms with Crippen LogP contribution in [0.15, 0.2) is 24.3 Å². The van der Waals surface area contributed by atoms with Crippen LogP contribution >= 0.6 is 0 Å². The van der Waals surface area contributed by atoms with Gasteiger partial charge >= 0.3 is 0 Å². The van der Waals surface area contributed by atoms with Crippen molar-refractivity contribution in [2.45, 2.75) is 45.4 Å². The van der Waals surface area contributed by atoms with E-state index >= 15 is 0 Å². The molecule has 0 aromatic heterocycles. The van der Waals surface area contributed by atoms with Gasteiger partial charge in [0, 0.05) is 18.8 Å². The highest BCUT2D eigenvalue weighted by molar-refractivity contribution is 6.09. The van der Waals surface area contributed by atoms with E-state index in [1.165, 1.54) is 18.4 Å². The van der Waals surface area contributed by atoms with Crippen molar-refractivity contribution in [1.82, 2.24) is 10.6 Å². The highest BCUT2D eigenvalue weighted by Crippen LogP contribution is 2.27. The Balaban J connectivity index is 1.50. The fourth-order valence-electron chi connectivity index (χ4n) is 3.91. The molecular formula is C21H31N3O2. The van der Waals surface area contributed by atoms with Crippen LogP contribution in [0.25, 0.3) is 0 Å². The summed E-state index contributed by atoms with van der Waals surface area (Å²) in [5, 5.41) is 6.38. The first-order chi connectivity index (χ1) is 12.6. The third-order valence-electron chi connectivity index (χ3n) is 5.64. The molecule has 1 aromatic rings. The normalized spacial score (nSPS) is 23.5. The number of carbonyl (C=O) groups is 2. The number of hydrogen-bond donors (Lipinski definition) is 2. The average Bonchev–Trinajstić information content (AvgIpc) is 3.04. The van der Waals surface area contributed by atoms with Crippen LogP contribution in [0.1, 0.15) is 51.0 Å². The summed E-state index contributed by atoms with van der Waals surface area (Å²) in [6.45, 7) is 7.73. The van der Waals surface area contributed by atoms with Crippen LogP contribution in [0.2, 0.25) is 0 Å². The molecular weight excluding hydrogens is 326 g/mol. The minimum absolute atomic E-state index is 0.0703. The number of hydrogen-bond acceptors (Lipinski definition) is 3. The first kappa shape index (κ1) is 18.9. The monoisotopic (exact) mass is 357 g/mol.